The number of hydrogen-bond donors (Lipinski definition) is 3. The van der Waals surface area contributed by atoms with Gasteiger partial charge in [0.15, 0.2) is 0 Å². The summed E-state index contributed by atoms with van der Waals surface area (Å²) in [4.78, 5) is 34.6. The van der Waals surface area contributed by atoms with Gasteiger partial charge in [-0.05, 0) is 20.3 Å². The highest BCUT2D eigenvalue weighted by Crippen LogP contribution is 2.11. The lowest BCUT2D eigenvalue weighted by molar-refractivity contribution is -0.137. The van der Waals surface area contributed by atoms with Crippen molar-refractivity contribution in [3.8, 4) is 0 Å². The van der Waals surface area contributed by atoms with Gasteiger partial charge in [-0.25, -0.2) is 4.79 Å². The maximum Gasteiger partial charge on any atom is 0.318 e. The van der Waals surface area contributed by atoms with Crippen molar-refractivity contribution in [1.29, 1.82) is 0 Å². The Morgan fingerprint density at radius 2 is 1.83 bits per heavy atom. The summed E-state index contributed by atoms with van der Waals surface area (Å²) in [5.41, 5.74) is -0.633. The Morgan fingerprint density at radius 1 is 1.28 bits per heavy atom. The van der Waals surface area contributed by atoms with Crippen LogP contribution in [-0.4, -0.2) is 54.1 Å². The van der Waals surface area contributed by atoms with Crippen molar-refractivity contribution < 1.29 is 19.5 Å². The summed E-state index contributed by atoms with van der Waals surface area (Å²) >= 11 is 0. The van der Waals surface area contributed by atoms with Crippen LogP contribution in [0.4, 0.5) is 4.79 Å². The number of aliphatic carboxylic acids is 1. The van der Waals surface area contributed by atoms with E-state index in [4.69, 9.17) is 5.11 Å². The molecule has 0 bridgehead atoms. The van der Waals surface area contributed by atoms with E-state index in [1.54, 1.807) is 13.8 Å². The number of nitrogens with one attached hydrogen (secondary N) is 2. The predicted octanol–water partition coefficient (Wildman–Crippen LogP) is 0.0172. The van der Waals surface area contributed by atoms with E-state index in [2.05, 4.69) is 10.6 Å². The van der Waals surface area contributed by atoms with Gasteiger partial charge in [-0.3, -0.25) is 9.59 Å². The minimum Gasteiger partial charge on any atom is -0.481 e. The number of rotatable bonds is 6. The molecule has 0 fully saturated rings. The maximum atomic E-state index is 11.7. The largest absolute Gasteiger partial charge is 0.481 e. The average Bonchev–Trinajstić information content (AvgIpc) is 2.25. The molecular formula is C11H21N3O4. The highest BCUT2D eigenvalue weighted by atomic mass is 16.4. The van der Waals surface area contributed by atoms with E-state index in [-0.39, 0.29) is 18.9 Å². The van der Waals surface area contributed by atoms with E-state index < -0.39 is 17.5 Å². The van der Waals surface area contributed by atoms with Crippen LogP contribution in [0.2, 0.25) is 0 Å². The summed E-state index contributed by atoms with van der Waals surface area (Å²) in [6.07, 6.45) is 0.300. The monoisotopic (exact) mass is 259 g/mol. The summed E-state index contributed by atoms with van der Waals surface area (Å²) in [6, 6.07) is -0.408. The highest BCUT2D eigenvalue weighted by Gasteiger charge is 2.23. The molecule has 0 saturated heterocycles. The van der Waals surface area contributed by atoms with Crippen LogP contribution in [0.1, 0.15) is 26.7 Å². The lowest BCUT2D eigenvalue weighted by Gasteiger charge is -2.28. The molecule has 0 aliphatic heterocycles. The summed E-state index contributed by atoms with van der Waals surface area (Å²) in [6.45, 7) is 3.43. The molecule has 0 rings (SSSR count). The number of amides is 3. The molecule has 0 unspecified atom stereocenters. The van der Waals surface area contributed by atoms with Crippen LogP contribution in [-0.2, 0) is 9.59 Å². The van der Waals surface area contributed by atoms with Crippen molar-refractivity contribution in [2.45, 2.75) is 32.2 Å². The fraction of sp³-hybridized carbons (Fsp3) is 0.727. The molecule has 0 heterocycles. The van der Waals surface area contributed by atoms with Crippen molar-refractivity contribution in [1.82, 2.24) is 15.5 Å². The Balaban J connectivity index is 4.27. The molecule has 104 valence electrons. The van der Waals surface area contributed by atoms with Crippen LogP contribution >= 0.6 is 0 Å². The van der Waals surface area contributed by atoms with Crippen LogP contribution in [0.3, 0.4) is 0 Å². The average molecular weight is 259 g/mol. The first-order chi connectivity index (χ1) is 8.18. The maximum absolute atomic E-state index is 11.7. The van der Waals surface area contributed by atoms with Gasteiger partial charge in [0, 0.05) is 26.1 Å². The van der Waals surface area contributed by atoms with Gasteiger partial charge in [-0.1, -0.05) is 0 Å². The van der Waals surface area contributed by atoms with E-state index in [0.717, 1.165) is 0 Å². The van der Waals surface area contributed by atoms with E-state index in [1.165, 1.54) is 19.0 Å². The van der Waals surface area contributed by atoms with Gasteiger partial charge in [-0.2, -0.15) is 0 Å². The zero-order valence-electron chi connectivity index (χ0n) is 11.2. The standard InChI is InChI=1S/C11H21N3O4/c1-11(2,6-5-9(16)17)13-10(18)14(4)7-8(15)12-3/h5-7H2,1-4H3,(H,12,15)(H,13,18)(H,16,17). The Labute approximate surface area is 107 Å². The first-order valence-corrected chi connectivity index (χ1v) is 5.63. The van der Waals surface area contributed by atoms with Crippen molar-refractivity contribution in [2.75, 3.05) is 20.6 Å². The first-order valence-electron chi connectivity index (χ1n) is 5.63. The Kier molecular flexibility index (Phi) is 6.15. The second-order valence-corrected chi connectivity index (χ2v) is 4.74. The highest BCUT2D eigenvalue weighted by molar-refractivity contribution is 5.83. The molecule has 0 aromatic heterocycles. The van der Waals surface area contributed by atoms with Gasteiger partial charge in [0.2, 0.25) is 5.91 Å². The number of urea groups is 1. The third-order valence-electron chi connectivity index (χ3n) is 2.42. The molecule has 7 heteroatoms. The summed E-state index contributed by atoms with van der Waals surface area (Å²) in [5, 5.41) is 13.7. The first kappa shape index (κ1) is 16.2. The van der Waals surface area contributed by atoms with Crippen molar-refractivity contribution >= 4 is 17.9 Å². The molecule has 7 nitrogen and oxygen atoms in total. The Bertz CT molecular complexity index is 328. The zero-order chi connectivity index (χ0) is 14.3. The summed E-state index contributed by atoms with van der Waals surface area (Å²) < 4.78 is 0. The molecule has 0 saturated carbocycles. The molecule has 0 aliphatic rings. The number of hydrogen-bond acceptors (Lipinski definition) is 3. The molecule has 0 aromatic rings. The van der Waals surface area contributed by atoms with Gasteiger partial charge < -0.3 is 20.6 Å². The van der Waals surface area contributed by atoms with Gasteiger partial charge in [0.05, 0.1) is 0 Å². The third kappa shape index (κ3) is 6.72. The predicted molar refractivity (Wildman–Crippen MR) is 66.2 cm³/mol. The lowest BCUT2D eigenvalue weighted by Crippen LogP contribution is -2.50. The van der Waals surface area contributed by atoms with E-state index in [9.17, 15) is 14.4 Å². The molecule has 0 aromatic carbocycles. The minimum absolute atomic E-state index is 0.0214. The topological polar surface area (TPSA) is 98.7 Å². The molecule has 3 amide bonds. The van der Waals surface area contributed by atoms with E-state index in [0.29, 0.717) is 6.42 Å². The molecular weight excluding hydrogens is 238 g/mol. The van der Waals surface area contributed by atoms with Gasteiger partial charge in [0.1, 0.15) is 6.54 Å². The molecule has 0 aliphatic carbocycles. The van der Waals surface area contributed by atoms with Crippen LogP contribution in [0, 0.1) is 0 Å². The summed E-state index contributed by atoms with van der Waals surface area (Å²) in [5.74, 6) is -1.17. The number of nitrogens with zero attached hydrogens (tertiary/aromatic N) is 1. The lowest BCUT2D eigenvalue weighted by atomic mass is 9.99. The Morgan fingerprint density at radius 3 is 2.28 bits per heavy atom. The van der Waals surface area contributed by atoms with Gasteiger partial charge >= 0.3 is 12.0 Å². The fourth-order valence-electron chi connectivity index (χ4n) is 1.23. The molecule has 18 heavy (non-hydrogen) atoms. The van der Waals surface area contributed by atoms with Gasteiger partial charge in [-0.15, -0.1) is 0 Å². The number of carboxylic acid groups (broad SMARTS) is 1. The fourth-order valence-corrected chi connectivity index (χ4v) is 1.23. The molecule has 0 spiro atoms. The van der Waals surface area contributed by atoms with Crippen molar-refractivity contribution in [3.05, 3.63) is 0 Å². The van der Waals surface area contributed by atoms with Crippen molar-refractivity contribution in [2.24, 2.45) is 0 Å². The van der Waals surface area contributed by atoms with Crippen LogP contribution in [0.15, 0.2) is 0 Å². The molecule has 0 radical (unpaired) electrons. The smallest absolute Gasteiger partial charge is 0.318 e. The summed E-state index contributed by atoms with van der Waals surface area (Å²) in [7, 11) is 2.99. The SMILES string of the molecule is CNC(=O)CN(C)C(=O)NC(C)(C)CCC(=O)O. The van der Waals surface area contributed by atoms with Crippen LogP contribution in [0.5, 0.6) is 0 Å². The number of carboxylic acids is 1. The second kappa shape index (κ2) is 6.83. The Hall–Kier alpha value is -1.79. The molecule has 3 N–H and O–H groups in total. The zero-order valence-corrected chi connectivity index (χ0v) is 11.2. The second-order valence-electron chi connectivity index (χ2n) is 4.74. The quantitative estimate of drug-likeness (QED) is 0.626. The van der Waals surface area contributed by atoms with Gasteiger partial charge in [0.25, 0.3) is 0 Å². The number of carbonyl (C=O) groups is 3. The van der Waals surface area contributed by atoms with Crippen molar-refractivity contribution in [3.63, 3.8) is 0 Å². The minimum atomic E-state index is -0.906. The molecule has 0 atom stereocenters. The third-order valence-corrected chi connectivity index (χ3v) is 2.42. The van der Waals surface area contributed by atoms with E-state index >= 15 is 0 Å². The van der Waals surface area contributed by atoms with Crippen LogP contribution in [0.25, 0.3) is 0 Å². The number of likely N-dealkylation sites (N-methyl/N-ethyl adjacent to an activating group) is 2. The normalized spacial score (nSPS) is 10.7. The van der Waals surface area contributed by atoms with E-state index in [1.807, 2.05) is 0 Å². The number of carbonyl (C=O) groups excluding carboxylic acids is 2. The van der Waals surface area contributed by atoms with Crippen LogP contribution < -0.4 is 10.6 Å².